The summed E-state index contributed by atoms with van der Waals surface area (Å²) >= 11 is 17.8. The summed E-state index contributed by atoms with van der Waals surface area (Å²) in [6, 6.07) is 3.06. The van der Waals surface area contributed by atoms with Crippen LogP contribution in [0.4, 0.5) is 5.69 Å². The Labute approximate surface area is 142 Å². The molecule has 0 fully saturated rings. The molecule has 118 valence electrons. The second kappa shape index (κ2) is 7.67. The molecule has 2 aromatic rings. The number of nitrogens with one attached hydrogen (secondary N) is 2. The first-order valence-corrected chi connectivity index (χ1v) is 7.57. The van der Waals surface area contributed by atoms with E-state index >= 15 is 0 Å². The van der Waals surface area contributed by atoms with Crippen molar-refractivity contribution in [2.24, 2.45) is 0 Å². The van der Waals surface area contributed by atoms with Crippen LogP contribution in [0.2, 0.25) is 15.1 Å². The summed E-state index contributed by atoms with van der Waals surface area (Å²) in [5.41, 5.74) is 5.61. The van der Waals surface area contributed by atoms with Gasteiger partial charge in [-0.05, 0) is 25.5 Å². The molecular weight excluding hydrogens is 351 g/mol. The van der Waals surface area contributed by atoms with Crippen molar-refractivity contribution < 1.29 is 9.32 Å². The zero-order valence-corrected chi connectivity index (χ0v) is 13.9. The van der Waals surface area contributed by atoms with E-state index in [0.717, 1.165) is 0 Å². The normalized spacial score (nSPS) is 10.5. The van der Waals surface area contributed by atoms with Gasteiger partial charge in [0.05, 0.1) is 15.7 Å². The number of halogens is 3. The van der Waals surface area contributed by atoms with Crippen molar-refractivity contribution in [2.45, 2.75) is 26.2 Å². The smallest absolute Gasteiger partial charge is 0.238 e. The summed E-state index contributed by atoms with van der Waals surface area (Å²) < 4.78 is 4.96. The molecule has 0 saturated heterocycles. The van der Waals surface area contributed by atoms with Gasteiger partial charge in [0.15, 0.2) is 5.82 Å². The number of carbonyl (C=O) groups is 1. The van der Waals surface area contributed by atoms with Gasteiger partial charge < -0.3 is 4.52 Å². The van der Waals surface area contributed by atoms with Crippen LogP contribution < -0.4 is 10.9 Å². The lowest BCUT2D eigenvalue weighted by atomic mass is 10.2. The molecule has 0 aliphatic heterocycles. The Morgan fingerprint density at radius 1 is 1.27 bits per heavy atom. The number of rotatable bonds is 6. The number of nitrogens with zero attached hydrogens (tertiary/aromatic N) is 2. The number of aryl methyl sites for hydroxylation is 2. The second-order valence-electron chi connectivity index (χ2n) is 4.51. The Kier molecular flexibility index (Phi) is 5.88. The Bertz CT molecular complexity index is 652. The standard InChI is InChI=1S/C13H13Cl3N4O2/c1-7-17-12(22-20-7)4-2-3-11(21)18-19-13-9(15)5-8(14)6-10(13)16/h5-6,19H,2-4H2,1H3,(H,18,21). The van der Waals surface area contributed by atoms with Crippen LogP contribution in [0.25, 0.3) is 0 Å². The number of aromatic nitrogens is 2. The van der Waals surface area contributed by atoms with Crippen molar-refractivity contribution >= 4 is 46.4 Å². The predicted molar refractivity (Wildman–Crippen MR) is 85.2 cm³/mol. The Balaban J connectivity index is 1.78. The van der Waals surface area contributed by atoms with Crippen LogP contribution in [-0.4, -0.2) is 16.0 Å². The number of hydrogen-bond acceptors (Lipinski definition) is 5. The summed E-state index contributed by atoms with van der Waals surface area (Å²) in [6.45, 7) is 1.74. The average Bonchev–Trinajstić information content (AvgIpc) is 2.83. The summed E-state index contributed by atoms with van der Waals surface area (Å²) in [5.74, 6) is 0.883. The quantitative estimate of drug-likeness (QED) is 0.763. The molecule has 0 spiro atoms. The first-order chi connectivity index (χ1) is 10.5. The topological polar surface area (TPSA) is 80.0 Å². The minimum absolute atomic E-state index is 0.210. The lowest BCUT2D eigenvalue weighted by Crippen LogP contribution is -2.29. The number of anilines is 1. The van der Waals surface area contributed by atoms with Gasteiger partial charge in [-0.25, -0.2) is 0 Å². The first-order valence-electron chi connectivity index (χ1n) is 6.44. The largest absolute Gasteiger partial charge is 0.339 e. The van der Waals surface area contributed by atoms with Gasteiger partial charge in [0.25, 0.3) is 0 Å². The molecule has 0 aliphatic carbocycles. The fourth-order valence-corrected chi connectivity index (χ4v) is 2.61. The number of amides is 1. The highest BCUT2D eigenvalue weighted by Gasteiger charge is 2.10. The van der Waals surface area contributed by atoms with E-state index < -0.39 is 0 Å². The van der Waals surface area contributed by atoms with Crippen molar-refractivity contribution in [1.29, 1.82) is 0 Å². The SMILES string of the molecule is Cc1noc(CCCC(=O)NNc2c(Cl)cc(Cl)cc2Cl)n1. The van der Waals surface area contributed by atoms with Crippen LogP contribution >= 0.6 is 34.8 Å². The van der Waals surface area contributed by atoms with Gasteiger partial charge in [-0.1, -0.05) is 40.0 Å². The molecule has 1 heterocycles. The minimum Gasteiger partial charge on any atom is -0.339 e. The second-order valence-corrected chi connectivity index (χ2v) is 5.76. The van der Waals surface area contributed by atoms with E-state index in [9.17, 15) is 4.79 Å². The molecule has 0 bridgehead atoms. The van der Waals surface area contributed by atoms with E-state index in [1.54, 1.807) is 6.92 Å². The highest BCUT2D eigenvalue weighted by Crippen LogP contribution is 2.33. The van der Waals surface area contributed by atoms with E-state index in [-0.39, 0.29) is 12.3 Å². The maximum atomic E-state index is 11.7. The van der Waals surface area contributed by atoms with Crippen LogP contribution in [0.3, 0.4) is 0 Å². The van der Waals surface area contributed by atoms with Gasteiger partial charge >= 0.3 is 0 Å². The predicted octanol–water partition coefficient (Wildman–Crippen LogP) is 3.80. The Hall–Kier alpha value is -1.50. The van der Waals surface area contributed by atoms with E-state index in [0.29, 0.717) is 45.3 Å². The highest BCUT2D eigenvalue weighted by atomic mass is 35.5. The van der Waals surface area contributed by atoms with Gasteiger partial charge in [-0.15, -0.1) is 0 Å². The van der Waals surface area contributed by atoms with Gasteiger partial charge in [-0.2, -0.15) is 4.98 Å². The van der Waals surface area contributed by atoms with Crippen molar-refractivity contribution in [3.8, 4) is 0 Å². The highest BCUT2D eigenvalue weighted by molar-refractivity contribution is 6.41. The van der Waals surface area contributed by atoms with E-state index in [1.165, 1.54) is 12.1 Å². The summed E-state index contributed by atoms with van der Waals surface area (Å²) in [7, 11) is 0. The maximum absolute atomic E-state index is 11.7. The monoisotopic (exact) mass is 362 g/mol. The number of hydrogen-bond donors (Lipinski definition) is 2. The molecule has 1 aromatic carbocycles. The van der Waals surface area contributed by atoms with Crippen molar-refractivity contribution in [3.63, 3.8) is 0 Å². The van der Waals surface area contributed by atoms with E-state index in [2.05, 4.69) is 21.0 Å². The fraction of sp³-hybridized carbons (Fsp3) is 0.308. The molecule has 0 saturated carbocycles. The minimum atomic E-state index is -0.210. The zero-order chi connectivity index (χ0) is 16.1. The molecule has 9 heteroatoms. The van der Waals surface area contributed by atoms with Gasteiger partial charge in [-0.3, -0.25) is 15.6 Å². The maximum Gasteiger partial charge on any atom is 0.238 e. The van der Waals surface area contributed by atoms with Crippen LogP contribution in [-0.2, 0) is 11.2 Å². The molecular formula is C13H13Cl3N4O2. The summed E-state index contributed by atoms with van der Waals surface area (Å²) in [4.78, 5) is 15.8. The number of hydrazine groups is 1. The van der Waals surface area contributed by atoms with Gasteiger partial charge in [0, 0.05) is 17.9 Å². The van der Waals surface area contributed by atoms with Crippen molar-refractivity contribution in [1.82, 2.24) is 15.6 Å². The van der Waals surface area contributed by atoms with Crippen LogP contribution in [0.5, 0.6) is 0 Å². The lowest BCUT2D eigenvalue weighted by molar-refractivity contribution is -0.120. The molecule has 1 aromatic heterocycles. The van der Waals surface area contributed by atoms with Crippen LogP contribution in [0.15, 0.2) is 16.7 Å². The molecule has 6 nitrogen and oxygen atoms in total. The third kappa shape index (κ3) is 4.76. The van der Waals surface area contributed by atoms with Crippen LogP contribution in [0, 0.1) is 6.92 Å². The zero-order valence-electron chi connectivity index (χ0n) is 11.6. The van der Waals surface area contributed by atoms with Gasteiger partial charge in [0.2, 0.25) is 11.8 Å². The molecule has 22 heavy (non-hydrogen) atoms. The number of carbonyl (C=O) groups excluding carboxylic acids is 1. The molecule has 0 aliphatic rings. The molecule has 2 rings (SSSR count). The summed E-state index contributed by atoms with van der Waals surface area (Å²) in [6.07, 6.45) is 1.41. The van der Waals surface area contributed by atoms with E-state index in [4.69, 9.17) is 39.3 Å². The summed E-state index contributed by atoms with van der Waals surface area (Å²) in [5, 5.41) is 4.73. The molecule has 0 atom stereocenters. The third-order valence-electron chi connectivity index (χ3n) is 2.70. The first kappa shape index (κ1) is 16.9. The Morgan fingerprint density at radius 2 is 1.95 bits per heavy atom. The fourth-order valence-electron chi connectivity index (χ4n) is 1.70. The van der Waals surface area contributed by atoms with Crippen molar-refractivity contribution in [3.05, 3.63) is 38.9 Å². The molecule has 0 unspecified atom stereocenters. The van der Waals surface area contributed by atoms with E-state index in [1.807, 2.05) is 0 Å². The number of benzene rings is 1. The van der Waals surface area contributed by atoms with Gasteiger partial charge in [0.1, 0.15) is 0 Å². The lowest BCUT2D eigenvalue weighted by Gasteiger charge is -2.11. The average molecular weight is 364 g/mol. The van der Waals surface area contributed by atoms with Crippen LogP contribution in [0.1, 0.15) is 24.6 Å². The molecule has 0 radical (unpaired) electrons. The third-order valence-corrected chi connectivity index (χ3v) is 3.51. The molecule has 1 amide bonds. The van der Waals surface area contributed by atoms with Crippen molar-refractivity contribution in [2.75, 3.05) is 5.43 Å². The molecule has 2 N–H and O–H groups in total. The Morgan fingerprint density at radius 3 is 2.55 bits per heavy atom.